The Morgan fingerprint density at radius 3 is 2.50 bits per heavy atom. The number of nitriles is 1. The van der Waals surface area contributed by atoms with Crippen molar-refractivity contribution in [3.8, 4) is 6.07 Å². The number of benzene rings is 1. The zero-order chi connectivity index (χ0) is 19.0. The van der Waals surface area contributed by atoms with E-state index < -0.39 is 0 Å². The largest absolute Gasteiger partial charge is 0.357 e. The number of aromatic nitrogens is 1. The molecule has 3 aliphatic rings. The number of pyridine rings is 1. The summed E-state index contributed by atoms with van der Waals surface area (Å²) in [6.07, 6.45) is 6.51. The van der Waals surface area contributed by atoms with Gasteiger partial charge in [-0.1, -0.05) is 36.4 Å². The summed E-state index contributed by atoms with van der Waals surface area (Å²) in [5.41, 5.74) is 2.45. The molecule has 1 atom stereocenters. The molecule has 0 bridgehead atoms. The third-order valence-electron chi connectivity index (χ3n) is 7.00. The molecule has 144 valence electrons. The molecule has 2 aromatic rings. The number of anilines is 1. The lowest BCUT2D eigenvalue weighted by Gasteiger charge is -2.51. The number of likely N-dealkylation sites (tertiary alicyclic amines) is 1. The first-order valence-electron chi connectivity index (χ1n) is 10.7. The zero-order valence-electron chi connectivity index (χ0n) is 16.4. The van der Waals surface area contributed by atoms with Crippen LogP contribution in [-0.2, 0) is 0 Å². The molecule has 1 aliphatic carbocycles. The normalized spacial score (nSPS) is 24.8. The van der Waals surface area contributed by atoms with E-state index in [-0.39, 0.29) is 0 Å². The topological polar surface area (TPSA) is 43.2 Å². The Morgan fingerprint density at radius 2 is 1.79 bits per heavy atom. The van der Waals surface area contributed by atoms with Crippen LogP contribution in [0.25, 0.3) is 0 Å². The molecule has 1 saturated carbocycles. The third kappa shape index (κ3) is 3.52. The van der Waals surface area contributed by atoms with E-state index in [9.17, 15) is 0 Å². The van der Waals surface area contributed by atoms with Gasteiger partial charge in [0.1, 0.15) is 17.6 Å². The van der Waals surface area contributed by atoms with Crippen LogP contribution in [0.1, 0.15) is 49.3 Å². The van der Waals surface area contributed by atoms with E-state index >= 15 is 0 Å². The van der Waals surface area contributed by atoms with Gasteiger partial charge in [0.2, 0.25) is 0 Å². The van der Waals surface area contributed by atoms with Gasteiger partial charge in [0.15, 0.2) is 0 Å². The highest BCUT2D eigenvalue weighted by molar-refractivity contribution is 5.42. The highest BCUT2D eigenvalue weighted by atomic mass is 15.2. The van der Waals surface area contributed by atoms with Crippen LogP contribution in [0.15, 0.2) is 48.5 Å². The molecule has 2 saturated heterocycles. The summed E-state index contributed by atoms with van der Waals surface area (Å²) < 4.78 is 0. The maximum Gasteiger partial charge on any atom is 0.142 e. The monoisotopic (exact) mass is 372 g/mol. The van der Waals surface area contributed by atoms with Gasteiger partial charge in [-0.25, -0.2) is 4.98 Å². The lowest BCUT2D eigenvalue weighted by atomic mass is 9.68. The zero-order valence-corrected chi connectivity index (χ0v) is 16.4. The van der Waals surface area contributed by atoms with Crippen LogP contribution in [0.3, 0.4) is 0 Å². The minimum absolute atomic E-state index is 0.421. The smallest absolute Gasteiger partial charge is 0.142 e. The van der Waals surface area contributed by atoms with Gasteiger partial charge in [-0.3, -0.25) is 4.90 Å². The fourth-order valence-corrected chi connectivity index (χ4v) is 5.33. The fourth-order valence-electron chi connectivity index (χ4n) is 5.33. The summed E-state index contributed by atoms with van der Waals surface area (Å²) in [5, 5.41) is 9.15. The number of rotatable bonds is 3. The van der Waals surface area contributed by atoms with E-state index in [0.717, 1.165) is 24.9 Å². The van der Waals surface area contributed by atoms with Crippen molar-refractivity contribution in [2.75, 3.05) is 31.1 Å². The van der Waals surface area contributed by atoms with Crippen molar-refractivity contribution < 1.29 is 0 Å². The van der Waals surface area contributed by atoms with Gasteiger partial charge in [-0.15, -0.1) is 0 Å². The van der Waals surface area contributed by atoms with Crippen molar-refractivity contribution in [3.63, 3.8) is 0 Å². The van der Waals surface area contributed by atoms with Crippen molar-refractivity contribution in [1.29, 1.82) is 5.26 Å². The van der Waals surface area contributed by atoms with Crippen molar-refractivity contribution in [2.45, 2.75) is 44.1 Å². The molecule has 1 aromatic carbocycles. The van der Waals surface area contributed by atoms with Gasteiger partial charge in [0, 0.05) is 32.2 Å². The van der Waals surface area contributed by atoms with E-state index in [1.807, 2.05) is 12.1 Å². The van der Waals surface area contributed by atoms with Crippen molar-refractivity contribution in [2.24, 2.45) is 5.41 Å². The standard InChI is InChI=1S/C24H28N4/c25-16-21-7-4-8-23(26-21)27-13-11-24(12-14-27)15-20(19-5-2-1-3-6-19)17-28(18-24)22-9-10-22/h1-8,20,22H,9-15,17-18H2/t20-/m0/s1. The molecule has 0 amide bonds. The van der Waals surface area contributed by atoms with Gasteiger partial charge in [-0.05, 0) is 61.1 Å². The SMILES string of the molecule is N#Cc1cccc(N2CCC3(CC2)C[C@H](c2ccccc2)CN(C2CC2)C3)n1. The van der Waals surface area contributed by atoms with Crippen LogP contribution in [-0.4, -0.2) is 42.1 Å². The van der Waals surface area contributed by atoms with E-state index in [4.69, 9.17) is 5.26 Å². The summed E-state index contributed by atoms with van der Waals surface area (Å²) in [5.74, 6) is 1.62. The highest BCUT2D eigenvalue weighted by Gasteiger charge is 2.45. The first-order valence-corrected chi connectivity index (χ1v) is 10.7. The molecule has 0 N–H and O–H groups in total. The minimum atomic E-state index is 0.421. The predicted molar refractivity (Wildman–Crippen MR) is 111 cm³/mol. The molecule has 1 aromatic heterocycles. The Kier molecular flexibility index (Phi) is 4.56. The Balaban J connectivity index is 1.33. The lowest BCUT2D eigenvalue weighted by molar-refractivity contribution is 0.0460. The van der Waals surface area contributed by atoms with Crippen molar-refractivity contribution >= 4 is 5.82 Å². The Labute approximate surface area is 167 Å². The average Bonchev–Trinajstić information content (AvgIpc) is 3.60. The van der Waals surface area contributed by atoms with Gasteiger partial charge >= 0.3 is 0 Å². The fraction of sp³-hybridized carbons (Fsp3) is 0.500. The molecule has 28 heavy (non-hydrogen) atoms. The van der Waals surface area contributed by atoms with Crippen LogP contribution in [0, 0.1) is 16.7 Å². The van der Waals surface area contributed by atoms with E-state index in [1.165, 1.54) is 50.8 Å². The molecule has 1 spiro atoms. The first-order chi connectivity index (χ1) is 13.7. The summed E-state index contributed by atoms with van der Waals surface area (Å²) >= 11 is 0. The molecule has 2 aliphatic heterocycles. The number of hydrogen-bond acceptors (Lipinski definition) is 4. The molecule has 0 radical (unpaired) electrons. The summed E-state index contributed by atoms with van der Waals surface area (Å²) in [6.45, 7) is 4.58. The van der Waals surface area contributed by atoms with Crippen molar-refractivity contribution in [3.05, 3.63) is 59.8 Å². The minimum Gasteiger partial charge on any atom is -0.357 e. The Bertz CT molecular complexity index is 860. The van der Waals surface area contributed by atoms with Crippen molar-refractivity contribution in [1.82, 2.24) is 9.88 Å². The van der Waals surface area contributed by atoms with E-state index in [0.29, 0.717) is 17.0 Å². The molecule has 4 nitrogen and oxygen atoms in total. The number of nitrogens with zero attached hydrogens (tertiary/aromatic N) is 4. The second kappa shape index (κ2) is 7.22. The predicted octanol–water partition coefficient (Wildman–Crippen LogP) is 4.19. The van der Waals surface area contributed by atoms with Crippen LogP contribution >= 0.6 is 0 Å². The molecular weight excluding hydrogens is 344 g/mol. The molecule has 3 heterocycles. The highest BCUT2D eigenvalue weighted by Crippen LogP contribution is 2.47. The van der Waals surface area contributed by atoms with Gasteiger partial charge in [0.25, 0.3) is 0 Å². The quantitative estimate of drug-likeness (QED) is 0.810. The maximum absolute atomic E-state index is 9.15. The van der Waals surface area contributed by atoms with Crippen LogP contribution in [0.5, 0.6) is 0 Å². The van der Waals surface area contributed by atoms with E-state index in [2.05, 4.69) is 51.2 Å². The van der Waals surface area contributed by atoms with Gasteiger partial charge in [0.05, 0.1) is 0 Å². The molecule has 5 rings (SSSR count). The molecule has 4 heteroatoms. The average molecular weight is 373 g/mol. The van der Waals surface area contributed by atoms with E-state index in [1.54, 1.807) is 6.07 Å². The molecule has 3 fully saturated rings. The molecular formula is C24H28N4. The maximum atomic E-state index is 9.15. The number of piperidine rings is 2. The van der Waals surface area contributed by atoms with Crippen LogP contribution in [0.2, 0.25) is 0 Å². The second-order valence-corrected chi connectivity index (χ2v) is 8.95. The number of hydrogen-bond donors (Lipinski definition) is 0. The molecule has 0 unspecified atom stereocenters. The lowest BCUT2D eigenvalue weighted by Crippen LogP contribution is -2.52. The van der Waals surface area contributed by atoms with Crippen LogP contribution in [0.4, 0.5) is 5.82 Å². The summed E-state index contributed by atoms with van der Waals surface area (Å²) in [7, 11) is 0. The first kappa shape index (κ1) is 17.7. The summed E-state index contributed by atoms with van der Waals surface area (Å²) in [4.78, 5) is 9.69. The van der Waals surface area contributed by atoms with Gasteiger partial charge < -0.3 is 4.90 Å². The second-order valence-electron chi connectivity index (χ2n) is 8.95. The Morgan fingerprint density at radius 1 is 1.00 bits per heavy atom. The third-order valence-corrected chi connectivity index (χ3v) is 7.00. The van der Waals surface area contributed by atoms with Gasteiger partial charge in [-0.2, -0.15) is 5.26 Å². The van der Waals surface area contributed by atoms with Crippen LogP contribution < -0.4 is 4.90 Å². The Hall–Kier alpha value is -2.38. The summed E-state index contributed by atoms with van der Waals surface area (Å²) in [6, 6.07) is 19.9.